The fraction of sp³-hybridized carbons (Fsp3) is 0.118. The van der Waals surface area contributed by atoms with Gasteiger partial charge in [0.2, 0.25) is 5.91 Å². The molecule has 0 bridgehead atoms. The number of fused-ring (bicyclic) bond motifs is 1. The van der Waals surface area contributed by atoms with Crippen LogP contribution in [-0.2, 0) is 11.3 Å². The van der Waals surface area contributed by atoms with Gasteiger partial charge in [0.15, 0.2) is 5.82 Å². The van der Waals surface area contributed by atoms with Crippen LogP contribution in [0.15, 0.2) is 41.1 Å². The van der Waals surface area contributed by atoms with Crippen molar-refractivity contribution in [1.29, 1.82) is 5.26 Å². The Morgan fingerprint density at radius 2 is 2.20 bits per heavy atom. The average molecular weight is 342 g/mol. The van der Waals surface area contributed by atoms with E-state index in [1.54, 1.807) is 12.1 Å². The monoisotopic (exact) mass is 342 g/mol. The summed E-state index contributed by atoms with van der Waals surface area (Å²) in [6.45, 7) is 0.0194. The molecule has 6 nitrogen and oxygen atoms in total. The van der Waals surface area contributed by atoms with Crippen molar-refractivity contribution in [2.45, 2.75) is 6.54 Å². The van der Waals surface area contributed by atoms with Crippen LogP contribution in [0.2, 0.25) is 0 Å². The van der Waals surface area contributed by atoms with E-state index >= 15 is 0 Å². The predicted molar refractivity (Wildman–Crippen MR) is 85.4 cm³/mol. The number of hydrogen-bond donors (Lipinski definition) is 2. The second-order valence-corrected chi connectivity index (χ2v) is 5.15. The molecule has 2 N–H and O–H groups in total. The Bertz CT molecular complexity index is 965. The maximum Gasteiger partial charge on any atom is 0.239 e. The fourth-order valence-electron chi connectivity index (χ4n) is 2.33. The largest absolute Gasteiger partial charge is 0.467 e. The smallest absolute Gasteiger partial charge is 0.239 e. The Morgan fingerprint density at radius 1 is 1.36 bits per heavy atom. The summed E-state index contributed by atoms with van der Waals surface area (Å²) < 4.78 is 32.5. The molecule has 0 fully saturated rings. The molecule has 3 rings (SSSR count). The van der Waals surface area contributed by atoms with Crippen molar-refractivity contribution >= 4 is 22.5 Å². The molecule has 0 saturated carbocycles. The molecule has 0 aliphatic carbocycles. The summed E-state index contributed by atoms with van der Waals surface area (Å²) in [5, 5.41) is 14.6. The van der Waals surface area contributed by atoms with E-state index in [1.807, 2.05) is 6.07 Å². The van der Waals surface area contributed by atoms with E-state index in [9.17, 15) is 18.8 Å². The van der Waals surface area contributed by atoms with E-state index in [0.29, 0.717) is 11.8 Å². The Balaban J connectivity index is 1.80. The van der Waals surface area contributed by atoms with Gasteiger partial charge < -0.3 is 15.1 Å². The Labute approximate surface area is 141 Å². The zero-order valence-electron chi connectivity index (χ0n) is 12.8. The first kappa shape index (κ1) is 16.4. The van der Waals surface area contributed by atoms with E-state index in [1.165, 1.54) is 12.5 Å². The van der Waals surface area contributed by atoms with Gasteiger partial charge in [-0.15, -0.1) is 0 Å². The standard InChI is InChI=1S/C17H12F2N4O2/c18-11-4-13-16(10(6-20)7-22-17(13)14(19)5-11)23-9-15(24)21-8-12-2-1-3-25-12/h1-5,7H,8-9H2,(H,21,24)(H,22,23). The van der Waals surface area contributed by atoms with Gasteiger partial charge in [0.25, 0.3) is 0 Å². The van der Waals surface area contributed by atoms with Gasteiger partial charge in [0.1, 0.15) is 23.2 Å². The first-order valence-electron chi connectivity index (χ1n) is 7.29. The number of pyridine rings is 1. The number of halogens is 2. The lowest BCUT2D eigenvalue weighted by Crippen LogP contribution is -2.29. The summed E-state index contributed by atoms with van der Waals surface area (Å²) in [7, 11) is 0. The molecular weight excluding hydrogens is 330 g/mol. The summed E-state index contributed by atoms with van der Waals surface area (Å²) in [5.74, 6) is -1.43. The van der Waals surface area contributed by atoms with E-state index < -0.39 is 11.6 Å². The van der Waals surface area contributed by atoms with Crippen LogP contribution in [0.3, 0.4) is 0 Å². The number of benzene rings is 1. The van der Waals surface area contributed by atoms with Crippen LogP contribution >= 0.6 is 0 Å². The minimum absolute atomic E-state index is 0.0799. The van der Waals surface area contributed by atoms with E-state index in [-0.39, 0.29) is 41.2 Å². The quantitative estimate of drug-likeness (QED) is 0.744. The van der Waals surface area contributed by atoms with E-state index in [2.05, 4.69) is 15.6 Å². The molecule has 1 amide bonds. The molecule has 2 heterocycles. The first-order chi connectivity index (χ1) is 12.1. The van der Waals surface area contributed by atoms with Crippen LogP contribution in [0.1, 0.15) is 11.3 Å². The third-order valence-electron chi connectivity index (χ3n) is 3.48. The molecule has 0 aliphatic heterocycles. The van der Waals surface area contributed by atoms with Crippen molar-refractivity contribution in [3.05, 3.63) is 59.7 Å². The lowest BCUT2D eigenvalue weighted by Gasteiger charge is -2.12. The molecule has 2 aromatic heterocycles. The molecule has 126 valence electrons. The van der Waals surface area contributed by atoms with Gasteiger partial charge in [-0.2, -0.15) is 5.26 Å². The number of nitrogens with zero attached hydrogens (tertiary/aromatic N) is 2. The van der Waals surface area contributed by atoms with Gasteiger partial charge in [-0.3, -0.25) is 9.78 Å². The number of amides is 1. The number of furan rings is 1. The van der Waals surface area contributed by atoms with Crippen molar-refractivity contribution in [3.63, 3.8) is 0 Å². The highest BCUT2D eigenvalue weighted by atomic mass is 19.1. The van der Waals surface area contributed by atoms with Gasteiger partial charge in [0, 0.05) is 17.6 Å². The molecule has 1 aromatic carbocycles. The maximum absolute atomic E-state index is 13.8. The number of rotatable bonds is 5. The lowest BCUT2D eigenvalue weighted by molar-refractivity contribution is -0.119. The molecule has 0 radical (unpaired) electrons. The number of anilines is 1. The minimum Gasteiger partial charge on any atom is -0.467 e. The average Bonchev–Trinajstić information content (AvgIpc) is 3.11. The van der Waals surface area contributed by atoms with Crippen molar-refractivity contribution < 1.29 is 18.0 Å². The Kier molecular flexibility index (Phi) is 4.57. The second kappa shape index (κ2) is 6.97. The van der Waals surface area contributed by atoms with Crippen LogP contribution in [0.4, 0.5) is 14.5 Å². The van der Waals surface area contributed by atoms with E-state index in [0.717, 1.165) is 6.07 Å². The molecule has 0 aliphatic rings. The summed E-state index contributed by atoms with van der Waals surface area (Å²) in [6.07, 6.45) is 2.66. The van der Waals surface area contributed by atoms with Crippen LogP contribution in [-0.4, -0.2) is 17.4 Å². The molecule has 3 aromatic rings. The van der Waals surface area contributed by atoms with Gasteiger partial charge in [-0.25, -0.2) is 8.78 Å². The third kappa shape index (κ3) is 3.55. The van der Waals surface area contributed by atoms with Crippen LogP contribution in [0, 0.1) is 23.0 Å². The van der Waals surface area contributed by atoms with Crippen LogP contribution in [0.5, 0.6) is 0 Å². The molecule has 0 saturated heterocycles. The van der Waals surface area contributed by atoms with Gasteiger partial charge in [-0.05, 0) is 18.2 Å². The third-order valence-corrected chi connectivity index (χ3v) is 3.48. The Hall–Kier alpha value is -3.47. The summed E-state index contributed by atoms with van der Waals surface area (Å²) in [5.41, 5.74) is 0.147. The Morgan fingerprint density at radius 3 is 2.92 bits per heavy atom. The van der Waals surface area contributed by atoms with Crippen molar-refractivity contribution in [3.8, 4) is 6.07 Å². The highest BCUT2D eigenvalue weighted by molar-refractivity contribution is 5.95. The highest BCUT2D eigenvalue weighted by Crippen LogP contribution is 2.28. The number of carbonyl (C=O) groups excluding carboxylic acids is 1. The van der Waals surface area contributed by atoms with Crippen LogP contribution in [0.25, 0.3) is 10.9 Å². The summed E-state index contributed by atoms with van der Waals surface area (Å²) >= 11 is 0. The number of nitriles is 1. The number of hydrogen-bond acceptors (Lipinski definition) is 5. The summed E-state index contributed by atoms with van der Waals surface area (Å²) in [4.78, 5) is 15.8. The molecule has 0 unspecified atom stereocenters. The molecule has 0 spiro atoms. The maximum atomic E-state index is 13.8. The number of nitrogens with one attached hydrogen (secondary N) is 2. The van der Waals surface area contributed by atoms with Crippen molar-refractivity contribution in [1.82, 2.24) is 10.3 Å². The normalized spacial score (nSPS) is 10.4. The SMILES string of the molecule is N#Cc1cnc2c(F)cc(F)cc2c1NCC(=O)NCc1ccco1. The van der Waals surface area contributed by atoms with Crippen molar-refractivity contribution in [2.75, 3.05) is 11.9 Å². The molecule has 8 heteroatoms. The molecular formula is C17H12F2N4O2. The van der Waals surface area contributed by atoms with Crippen molar-refractivity contribution in [2.24, 2.45) is 0 Å². The summed E-state index contributed by atoms with van der Waals surface area (Å²) in [6, 6.07) is 7.07. The topological polar surface area (TPSA) is 91.0 Å². The van der Waals surface area contributed by atoms with Gasteiger partial charge in [0.05, 0.1) is 30.6 Å². The lowest BCUT2D eigenvalue weighted by atomic mass is 10.1. The first-order valence-corrected chi connectivity index (χ1v) is 7.29. The second-order valence-electron chi connectivity index (χ2n) is 5.15. The molecule has 25 heavy (non-hydrogen) atoms. The van der Waals surface area contributed by atoms with E-state index in [4.69, 9.17) is 4.42 Å². The zero-order valence-corrected chi connectivity index (χ0v) is 12.8. The predicted octanol–water partition coefficient (Wildman–Crippen LogP) is 2.71. The minimum atomic E-state index is -0.843. The number of aromatic nitrogens is 1. The number of carbonyl (C=O) groups is 1. The highest BCUT2D eigenvalue weighted by Gasteiger charge is 2.14. The zero-order chi connectivity index (χ0) is 17.8. The fourth-order valence-corrected chi connectivity index (χ4v) is 2.33. The van der Waals surface area contributed by atoms with Crippen LogP contribution < -0.4 is 10.6 Å². The molecule has 0 atom stereocenters. The van der Waals surface area contributed by atoms with Gasteiger partial charge in [-0.1, -0.05) is 0 Å². The van der Waals surface area contributed by atoms with Gasteiger partial charge >= 0.3 is 0 Å².